The Balaban J connectivity index is 1.69. The van der Waals surface area contributed by atoms with Crippen LogP contribution in [0.1, 0.15) is 36.5 Å². The number of amides is 2. The van der Waals surface area contributed by atoms with E-state index in [1.54, 1.807) is 19.1 Å². The average Bonchev–Trinajstić information content (AvgIpc) is 2.71. The third-order valence-corrected chi connectivity index (χ3v) is 5.03. The minimum absolute atomic E-state index is 0.369. The lowest BCUT2D eigenvalue weighted by molar-refractivity contribution is -0.143. The third kappa shape index (κ3) is 4.11. The Morgan fingerprint density at radius 3 is 2.18 bits per heavy atom. The van der Waals surface area contributed by atoms with E-state index in [1.165, 1.54) is 5.56 Å². The monoisotopic (exact) mass is 382 g/mol. The molecular formula is C22H26N2O4. The maximum atomic E-state index is 12.6. The van der Waals surface area contributed by atoms with Gasteiger partial charge in [-0.25, -0.2) is 0 Å². The van der Waals surface area contributed by atoms with Crippen molar-refractivity contribution in [2.45, 2.75) is 32.7 Å². The Kier molecular flexibility index (Phi) is 5.87. The molecule has 0 fully saturated rings. The van der Waals surface area contributed by atoms with Gasteiger partial charge >= 0.3 is 11.8 Å². The van der Waals surface area contributed by atoms with Crippen LogP contribution < -0.4 is 14.8 Å². The molecule has 1 heterocycles. The summed E-state index contributed by atoms with van der Waals surface area (Å²) in [6.45, 7) is 5.07. The Morgan fingerprint density at radius 1 is 1.00 bits per heavy atom. The number of hydrogen-bond acceptors (Lipinski definition) is 4. The van der Waals surface area contributed by atoms with E-state index in [0.717, 1.165) is 11.1 Å². The van der Waals surface area contributed by atoms with Crippen LogP contribution in [-0.2, 0) is 22.6 Å². The standard InChI is InChI=1S/C22H26N2O4/c1-14(2)15-5-7-18(8-6-15)23-21(25)22(26)24-10-9-16-11-19(27-3)20(28-4)12-17(16)13-24/h5-8,11-12,14H,9-10,13H2,1-4H3,(H,23,25). The summed E-state index contributed by atoms with van der Waals surface area (Å²) in [5, 5.41) is 2.70. The minimum Gasteiger partial charge on any atom is -0.493 e. The van der Waals surface area contributed by atoms with Gasteiger partial charge in [0.2, 0.25) is 0 Å². The van der Waals surface area contributed by atoms with E-state index in [9.17, 15) is 9.59 Å². The molecule has 0 atom stereocenters. The summed E-state index contributed by atoms with van der Waals surface area (Å²) in [5.74, 6) is 0.541. The Labute approximate surface area is 165 Å². The summed E-state index contributed by atoms with van der Waals surface area (Å²) >= 11 is 0. The van der Waals surface area contributed by atoms with E-state index in [1.807, 2.05) is 36.4 Å². The highest BCUT2D eigenvalue weighted by Gasteiger charge is 2.27. The number of carbonyl (C=O) groups excluding carboxylic acids is 2. The summed E-state index contributed by atoms with van der Waals surface area (Å²) < 4.78 is 10.7. The second-order valence-corrected chi connectivity index (χ2v) is 7.18. The highest BCUT2D eigenvalue weighted by atomic mass is 16.5. The third-order valence-electron chi connectivity index (χ3n) is 5.03. The molecule has 3 rings (SSSR count). The molecule has 0 aromatic heterocycles. The topological polar surface area (TPSA) is 67.9 Å². The van der Waals surface area contributed by atoms with Crippen LogP contribution in [0.15, 0.2) is 36.4 Å². The second kappa shape index (κ2) is 8.33. The van der Waals surface area contributed by atoms with Gasteiger partial charge in [-0.05, 0) is 53.3 Å². The summed E-state index contributed by atoms with van der Waals surface area (Å²) in [6, 6.07) is 11.4. The summed E-state index contributed by atoms with van der Waals surface area (Å²) in [6.07, 6.45) is 0.664. The summed E-state index contributed by atoms with van der Waals surface area (Å²) in [5.41, 5.74) is 3.87. The Bertz CT molecular complexity index is 875. The van der Waals surface area contributed by atoms with Crippen LogP contribution >= 0.6 is 0 Å². The summed E-state index contributed by atoms with van der Waals surface area (Å²) in [7, 11) is 3.18. The van der Waals surface area contributed by atoms with Crippen molar-refractivity contribution in [2.75, 3.05) is 26.1 Å². The number of anilines is 1. The molecule has 1 aliphatic rings. The van der Waals surface area contributed by atoms with Gasteiger partial charge < -0.3 is 19.7 Å². The molecule has 1 aliphatic heterocycles. The minimum atomic E-state index is -0.624. The predicted octanol–water partition coefficient (Wildman–Crippen LogP) is 3.35. The van der Waals surface area contributed by atoms with Crippen LogP contribution in [0.2, 0.25) is 0 Å². The van der Waals surface area contributed by atoms with Gasteiger partial charge in [0.05, 0.1) is 14.2 Å². The predicted molar refractivity (Wildman–Crippen MR) is 108 cm³/mol. The number of ether oxygens (including phenoxy) is 2. The lowest BCUT2D eigenvalue weighted by atomic mass is 9.98. The number of hydrogen-bond donors (Lipinski definition) is 1. The van der Waals surface area contributed by atoms with Gasteiger partial charge in [0.15, 0.2) is 11.5 Å². The van der Waals surface area contributed by atoms with Crippen molar-refractivity contribution in [2.24, 2.45) is 0 Å². The van der Waals surface area contributed by atoms with Crippen molar-refractivity contribution in [1.82, 2.24) is 4.90 Å². The molecule has 0 aliphatic carbocycles. The molecule has 0 bridgehead atoms. The molecule has 28 heavy (non-hydrogen) atoms. The van der Waals surface area contributed by atoms with Crippen LogP contribution in [0.25, 0.3) is 0 Å². The van der Waals surface area contributed by atoms with Crippen molar-refractivity contribution in [1.29, 1.82) is 0 Å². The lowest BCUT2D eigenvalue weighted by Crippen LogP contribution is -2.42. The van der Waals surface area contributed by atoms with Crippen molar-refractivity contribution in [3.8, 4) is 11.5 Å². The van der Waals surface area contributed by atoms with Gasteiger partial charge in [-0.15, -0.1) is 0 Å². The first-order valence-corrected chi connectivity index (χ1v) is 9.37. The van der Waals surface area contributed by atoms with Crippen LogP contribution in [0.4, 0.5) is 5.69 Å². The molecule has 0 unspecified atom stereocenters. The zero-order chi connectivity index (χ0) is 20.3. The quantitative estimate of drug-likeness (QED) is 0.824. The molecular weight excluding hydrogens is 356 g/mol. The molecule has 0 spiro atoms. The van der Waals surface area contributed by atoms with E-state index < -0.39 is 11.8 Å². The maximum Gasteiger partial charge on any atom is 0.313 e. The molecule has 0 saturated heterocycles. The number of rotatable bonds is 4. The normalized spacial score (nSPS) is 13.1. The molecule has 1 N–H and O–H groups in total. The molecule has 148 valence electrons. The van der Waals surface area contributed by atoms with Crippen molar-refractivity contribution >= 4 is 17.5 Å². The fourth-order valence-electron chi connectivity index (χ4n) is 3.34. The van der Waals surface area contributed by atoms with Gasteiger partial charge in [0.1, 0.15) is 0 Å². The number of nitrogens with zero attached hydrogens (tertiary/aromatic N) is 1. The maximum absolute atomic E-state index is 12.6. The summed E-state index contributed by atoms with van der Waals surface area (Å²) in [4.78, 5) is 26.6. The van der Waals surface area contributed by atoms with Crippen LogP contribution in [0, 0.1) is 0 Å². The smallest absolute Gasteiger partial charge is 0.313 e. The van der Waals surface area contributed by atoms with E-state index in [-0.39, 0.29) is 0 Å². The molecule has 6 heteroatoms. The van der Waals surface area contributed by atoms with E-state index in [2.05, 4.69) is 19.2 Å². The van der Waals surface area contributed by atoms with Gasteiger partial charge in [-0.1, -0.05) is 26.0 Å². The fraction of sp³-hybridized carbons (Fsp3) is 0.364. The second-order valence-electron chi connectivity index (χ2n) is 7.18. The highest BCUT2D eigenvalue weighted by Crippen LogP contribution is 2.33. The first kappa shape index (κ1) is 19.7. The molecule has 0 saturated carbocycles. The first-order chi connectivity index (χ1) is 13.4. The zero-order valence-electron chi connectivity index (χ0n) is 16.7. The van der Waals surface area contributed by atoms with E-state index in [0.29, 0.717) is 42.6 Å². The number of nitrogens with one attached hydrogen (secondary N) is 1. The largest absolute Gasteiger partial charge is 0.493 e. The first-order valence-electron chi connectivity index (χ1n) is 9.37. The number of benzene rings is 2. The Hall–Kier alpha value is -3.02. The number of fused-ring (bicyclic) bond motifs is 1. The fourth-order valence-corrected chi connectivity index (χ4v) is 3.34. The highest BCUT2D eigenvalue weighted by molar-refractivity contribution is 6.39. The van der Waals surface area contributed by atoms with Gasteiger partial charge in [0.25, 0.3) is 0 Å². The molecule has 2 aromatic rings. The lowest BCUT2D eigenvalue weighted by Gasteiger charge is -2.29. The van der Waals surface area contributed by atoms with Gasteiger partial charge in [-0.3, -0.25) is 9.59 Å². The van der Waals surface area contributed by atoms with Crippen molar-refractivity contribution in [3.63, 3.8) is 0 Å². The van der Waals surface area contributed by atoms with Gasteiger partial charge in [-0.2, -0.15) is 0 Å². The van der Waals surface area contributed by atoms with Crippen LogP contribution in [0.5, 0.6) is 11.5 Å². The number of methoxy groups -OCH3 is 2. The van der Waals surface area contributed by atoms with Crippen molar-refractivity contribution in [3.05, 3.63) is 53.1 Å². The van der Waals surface area contributed by atoms with Crippen LogP contribution in [0.3, 0.4) is 0 Å². The van der Waals surface area contributed by atoms with Crippen LogP contribution in [-0.4, -0.2) is 37.5 Å². The molecule has 6 nitrogen and oxygen atoms in total. The SMILES string of the molecule is COc1cc2c(cc1OC)CN(C(=O)C(=O)Nc1ccc(C(C)C)cc1)CC2. The Morgan fingerprint density at radius 2 is 1.61 bits per heavy atom. The van der Waals surface area contributed by atoms with E-state index in [4.69, 9.17) is 9.47 Å². The molecule has 0 radical (unpaired) electrons. The van der Waals surface area contributed by atoms with E-state index >= 15 is 0 Å². The molecule has 2 amide bonds. The van der Waals surface area contributed by atoms with Crippen molar-refractivity contribution < 1.29 is 19.1 Å². The van der Waals surface area contributed by atoms with Gasteiger partial charge in [0, 0.05) is 18.8 Å². The zero-order valence-corrected chi connectivity index (χ0v) is 16.7. The number of carbonyl (C=O) groups is 2. The molecule has 2 aromatic carbocycles. The average molecular weight is 382 g/mol.